The van der Waals surface area contributed by atoms with Gasteiger partial charge in [-0.1, -0.05) is 56.4 Å². The standard InChI is InChI=1S/C19H27NO/c21-19(14-13-15-7-2-1-3-8-15)20-18-12-6-10-16-9-4-5-11-17(16)18/h4-5,9,11,15,18H,1-3,6-8,10,12-14H2,(H,20,21)/t18-/m1/s1. The minimum atomic E-state index is 0.244. The summed E-state index contributed by atoms with van der Waals surface area (Å²) in [5, 5.41) is 3.28. The second-order valence-electron chi connectivity index (χ2n) is 6.75. The van der Waals surface area contributed by atoms with Gasteiger partial charge in [0.25, 0.3) is 0 Å². The highest BCUT2D eigenvalue weighted by atomic mass is 16.1. The van der Waals surface area contributed by atoms with Gasteiger partial charge in [-0.05, 0) is 42.7 Å². The number of hydrogen-bond donors (Lipinski definition) is 1. The fraction of sp³-hybridized carbons (Fsp3) is 0.632. The van der Waals surface area contributed by atoms with Crippen LogP contribution in [0.5, 0.6) is 0 Å². The van der Waals surface area contributed by atoms with Crippen molar-refractivity contribution in [2.75, 3.05) is 0 Å². The zero-order chi connectivity index (χ0) is 14.5. The number of carbonyl (C=O) groups excluding carboxylic acids is 1. The number of nitrogens with one attached hydrogen (secondary N) is 1. The summed E-state index contributed by atoms with van der Waals surface area (Å²) in [6.07, 6.45) is 12.0. The molecule has 1 aromatic carbocycles. The lowest BCUT2D eigenvalue weighted by Gasteiger charge is -2.27. The van der Waals surface area contributed by atoms with Gasteiger partial charge in [0, 0.05) is 6.42 Å². The first kappa shape index (κ1) is 14.6. The monoisotopic (exact) mass is 285 g/mol. The molecule has 1 amide bonds. The number of rotatable bonds is 4. The molecule has 3 rings (SSSR count). The zero-order valence-corrected chi connectivity index (χ0v) is 12.9. The molecule has 2 aliphatic carbocycles. The Morgan fingerprint density at radius 2 is 1.86 bits per heavy atom. The molecular weight excluding hydrogens is 258 g/mol. The van der Waals surface area contributed by atoms with Crippen LogP contribution in [-0.2, 0) is 11.2 Å². The molecule has 1 atom stereocenters. The Labute approximate surface area is 128 Å². The van der Waals surface area contributed by atoms with Gasteiger partial charge in [-0.15, -0.1) is 0 Å². The maximum atomic E-state index is 12.3. The molecule has 0 saturated heterocycles. The van der Waals surface area contributed by atoms with Crippen LogP contribution >= 0.6 is 0 Å². The summed E-state index contributed by atoms with van der Waals surface area (Å²) in [5.41, 5.74) is 2.76. The van der Waals surface area contributed by atoms with Gasteiger partial charge >= 0.3 is 0 Å². The molecular formula is C19H27NO. The molecule has 2 aliphatic rings. The summed E-state index contributed by atoms with van der Waals surface area (Å²) in [4.78, 5) is 12.3. The number of fused-ring (bicyclic) bond motifs is 1. The van der Waals surface area contributed by atoms with Crippen molar-refractivity contribution in [3.63, 3.8) is 0 Å². The Bertz CT molecular complexity index is 476. The summed E-state index contributed by atoms with van der Waals surface area (Å²) >= 11 is 0. The first-order chi connectivity index (χ1) is 10.3. The highest BCUT2D eigenvalue weighted by molar-refractivity contribution is 5.76. The van der Waals surface area contributed by atoms with E-state index in [2.05, 4.69) is 29.6 Å². The molecule has 0 bridgehead atoms. The number of benzene rings is 1. The third-order valence-electron chi connectivity index (χ3n) is 5.21. The van der Waals surface area contributed by atoms with Crippen molar-refractivity contribution >= 4 is 5.91 Å². The van der Waals surface area contributed by atoms with Gasteiger partial charge in [0.2, 0.25) is 5.91 Å². The Balaban J connectivity index is 1.51. The summed E-state index contributed by atoms with van der Waals surface area (Å²) in [5.74, 6) is 1.05. The van der Waals surface area contributed by atoms with Crippen LogP contribution in [0.25, 0.3) is 0 Å². The molecule has 0 spiro atoms. The average Bonchev–Trinajstić information content (AvgIpc) is 2.54. The van der Waals surface area contributed by atoms with Crippen molar-refractivity contribution in [2.45, 2.75) is 70.3 Å². The lowest BCUT2D eigenvalue weighted by molar-refractivity contribution is -0.122. The van der Waals surface area contributed by atoms with E-state index in [9.17, 15) is 4.79 Å². The summed E-state index contributed by atoms with van der Waals surface area (Å²) in [7, 11) is 0. The second-order valence-corrected chi connectivity index (χ2v) is 6.75. The predicted octanol–water partition coefficient (Wildman–Crippen LogP) is 4.54. The summed E-state index contributed by atoms with van der Waals surface area (Å²) in [6, 6.07) is 8.82. The molecule has 2 heteroatoms. The smallest absolute Gasteiger partial charge is 0.220 e. The Morgan fingerprint density at radius 3 is 2.71 bits per heavy atom. The van der Waals surface area contributed by atoms with E-state index in [4.69, 9.17) is 0 Å². The molecule has 2 nitrogen and oxygen atoms in total. The van der Waals surface area contributed by atoms with E-state index in [0.717, 1.165) is 25.2 Å². The van der Waals surface area contributed by atoms with E-state index < -0.39 is 0 Å². The third-order valence-corrected chi connectivity index (χ3v) is 5.21. The molecule has 1 saturated carbocycles. The van der Waals surface area contributed by atoms with Gasteiger partial charge in [0.15, 0.2) is 0 Å². The lowest BCUT2D eigenvalue weighted by atomic mass is 9.85. The highest BCUT2D eigenvalue weighted by Crippen LogP contribution is 2.30. The lowest BCUT2D eigenvalue weighted by Crippen LogP contribution is -2.31. The fourth-order valence-corrected chi connectivity index (χ4v) is 3.98. The number of amides is 1. The Kier molecular flexibility index (Phi) is 4.95. The number of hydrogen-bond acceptors (Lipinski definition) is 1. The van der Waals surface area contributed by atoms with Crippen molar-refractivity contribution < 1.29 is 4.79 Å². The quantitative estimate of drug-likeness (QED) is 0.864. The van der Waals surface area contributed by atoms with Gasteiger partial charge in [-0.2, -0.15) is 0 Å². The van der Waals surface area contributed by atoms with Crippen molar-refractivity contribution in [3.8, 4) is 0 Å². The molecule has 1 N–H and O–H groups in total. The van der Waals surface area contributed by atoms with Crippen molar-refractivity contribution in [2.24, 2.45) is 5.92 Å². The van der Waals surface area contributed by atoms with Crippen LogP contribution in [0.4, 0.5) is 0 Å². The van der Waals surface area contributed by atoms with Crippen LogP contribution in [0.2, 0.25) is 0 Å². The SMILES string of the molecule is O=C(CCC1CCCCC1)N[C@@H]1CCCc2ccccc21. The first-order valence-corrected chi connectivity index (χ1v) is 8.70. The van der Waals surface area contributed by atoms with E-state index in [1.165, 1.54) is 49.7 Å². The van der Waals surface area contributed by atoms with Gasteiger partial charge in [0.05, 0.1) is 6.04 Å². The van der Waals surface area contributed by atoms with Gasteiger partial charge in [-0.25, -0.2) is 0 Å². The fourth-order valence-electron chi connectivity index (χ4n) is 3.98. The normalized spacial score (nSPS) is 22.6. The minimum Gasteiger partial charge on any atom is -0.349 e. The van der Waals surface area contributed by atoms with Crippen LogP contribution < -0.4 is 5.32 Å². The minimum absolute atomic E-state index is 0.244. The van der Waals surface area contributed by atoms with Gasteiger partial charge < -0.3 is 5.32 Å². The van der Waals surface area contributed by atoms with E-state index in [1.54, 1.807) is 0 Å². The van der Waals surface area contributed by atoms with E-state index >= 15 is 0 Å². The number of carbonyl (C=O) groups is 1. The Morgan fingerprint density at radius 1 is 1.05 bits per heavy atom. The summed E-state index contributed by atoms with van der Waals surface area (Å²) < 4.78 is 0. The van der Waals surface area contributed by atoms with E-state index in [1.807, 2.05) is 0 Å². The molecule has 1 aromatic rings. The van der Waals surface area contributed by atoms with Crippen molar-refractivity contribution in [1.29, 1.82) is 0 Å². The van der Waals surface area contributed by atoms with E-state index in [-0.39, 0.29) is 11.9 Å². The molecule has 1 fully saturated rings. The van der Waals surface area contributed by atoms with Gasteiger partial charge in [0.1, 0.15) is 0 Å². The van der Waals surface area contributed by atoms with E-state index in [0.29, 0.717) is 6.42 Å². The number of aryl methyl sites for hydroxylation is 1. The molecule has 0 heterocycles. The highest BCUT2D eigenvalue weighted by Gasteiger charge is 2.22. The Hall–Kier alpha value is -1.31. The molecule has 21 heavy (non-hydrogen) atoms. The maximum Gasteiger partial charge on any atom is 0.220 e. The topological polar surface area (TPSA) is 29.1 Å². The summed E-state index contributed by atoms with van der Waals surface area (Å²) in [6.45, 7) is 0. The molecule has 0 unspecified atom stereocenters. The van der Waals surface area contributed by atoms with Crippen LogP contribution in [0.3, 0.4) is 0 Å². The first-order valence-electron chi connectivity index (χ1n) is 8.70. The second kappa shape index (κ2) is 7.11. The van der Waals surface area contributed by atoms with Crippen LogP contribution in [0, 0.1) is 5.92 Å². The van der Waals surface area contributed by atoms with Crippen LogP contribution in [0.15, 0.2) is 24.3 Å². The molecule has 0 aromatic heterocycles. The van der Waals surface area contributed by atoms with Crippen LogP contribution in [0.1, 0.15) is 75.0 Å². The predicted molar refractivity (Wildman–Crippen MR) is 86.1 cm³/mol. The maximum absolute atomic E-state index is 12.3. The zero-order valence-electron chi connectivity index (χ0n) is 12.9. The van der Waals surface area contributed by atoms with Crippen molar-refractivity contribution in [3.05, 3.63) is 35.4 Å². The van der Waals surface area contributed by atoms with Crippen LogP contribution in [-0.4, -0.2) is 5.91 Å². The molecule has 0 aliphatic heterocycles. The largest absolute Gasteiger partial charge is 0.349 e. The molecule has 114 valence electrons. The molecule has 0 radical (unpaired) electrons. The van der Waals surface area contributed by atoms with Crippen molar-refractivity contribution in [1.82, 2.24) is 5.32 Å². The third kappa shape index (κ3) is 3.87. The average molecular weight is 285 g/mol. The van der Waals surface area contributed by atoms with Gasteiger partial charge in [-0.3, -0.25) is 4.79 Å².